The first-order chi connectivity index (χ1) is 13.0. The molecule has 3 rings (SSSR count). The van der Waals surface area contributed by atoms with Crippen LogP contribution in [-0.4, -0.2) is 28.8 Å². The summed E-state index contributed by atoms with van der Waals surface area (Å²) in [5.74, 6) is 2.10. The molecule has 0 aliphatic heterocycles. The maximum absolute atomic E-state index is 12.3. The largest absolute Gasteiger partial charge is 0.497 e. The van der Waals surface area contributed by atoms with E-state index in [1.165, 1.54) is 17.3 Å². The van der Waals surface area contributed by atoms with Gasteiger partial charge in [-0.1, -0.05) is 62.0 Å². The molecule has 0 saturated heterocycles. The number of carbonyl (C=O) groups is 1. The van der Waals surface area contributed by atoms with Gasteiger partial charge < -0.3 is 9.15 Å². The highest BCUT2D eigenvalue weighted by Crippen LogP contribution is 2.21. The molecule has 0 fully saturated rings. The zero-order valence-electron chi connectivity index (χ0n) is 15.6. The number of ether oxygens (including phenoxy) is 1. The van der Waals surface area contributed by atoms with Crippen LogP contribution < -0.4 is 4.74 Å². The first-order valence-corrected chi connectivity index (χ1v) is 9.75. The van der Waals surface area contributed by atoms with Crippen molar-refractivity contribution in [1.29, 1.82) is 0 Å². The summed E-state index contributed by atoms with van der Waals surface area (Å²) >= 11 is 1.26. The lowest BCUT2D eigenvalue weighted by atomic mass is 10.0. The summed E-state index contributed by atoms with van der Waals surface area (Å²) in [7, 11) is 1.64. The highest BCUT2D eigenvalue weighted by Gasteiger charge is 2.12. The molecule has 2 aromatic carbocycles. The van der Waals surface area contributed by atoms with Crippen molar-refractivity contribution in [3.63, 3.8) is 0 Å². The number of methoxy groups -OCH3 is 1. The Morgan fingerprint density at radius 1 is 1.07 bits per heavy atom. The van der Waals surface area contributed by atoms with Gasteiger partial charge in [0.25, 0.3) is 5.22 Å². The van der Waals surface area contributed by atoms with E-state index in [2.05, 4.69) is 24.0 Å². The molecule has 0 radical (unpaired) electrons. The van der Waals surface area contributed by atoms with E-state index in [9.17, 15) is 4.79 Å². The predicted molar refractivity (Wildman–Crippen MR) is 106 cm³/mol. The van der Waals surface area contributed by atoms with Crippen LogP contribution in [0.4, 0.5) is 0 Å². The second-order valence-electron chi connectivity index (χ2n) is 6.48. The molecule has 0 bridgehead atoms. The number of rotatable bonds is 8. The van der Waals surface area contributed by atoms with Crippen LogP contribution in [0.15, 0.2) is 58.2 Å². The summed E-state index contributed by atoms with van der Waals surface area (Å²) < 4.78 is 10.8. The van der Waals surface area contributed by atoms with Crippen LogP contribution >= 0.6 is 11.8 Å². The first kappa shape index (κ1) is 19.2. The van der Waals surface area contributed by atoms with Crippen LogP contribution in [0.5, 0.6) is 5.75 Å². The zero-order chi connectivity index (χ0) is 19.2. The van der Waals surface area contributed by atoms with E-state index < -0.39 is 0 Å². The lowest BCUT2D eigenvalue weighted by Gasteiger charge is -2.05. The predicted octanol–water partition coefficient (Wildman–Crippen LogP) is 4.77. The quantitative estimate of drug-likeness (QED) is 0.413. The van der Waals surface area contributed by atoms with Crippen molar-refractivity contribution in [3.8, 4) is 5.75 Å². The molecule has 1 heterocycles. The van der Waals surface area contributed by atoms with Crippen molar-refractivity contribution in [1.82, 2.24) is 10.2 Å². The fourth-order valence-corrected chi connectivity index (χ4v) is 3.23. The Hall–Kier alpha value is -2.60. The van der Waals surface area contributed by atoms with Crippen molar-refractivity contribution in [2.75, 3.05) is 12.9 Å². The van der Waals surface area contributed by atoms with Gasteiger partial charge in [-0.3, -0.25) is 4.79 Å². The Kier molecular flexibility index (Phi) is 6.29. The summed E-state index contributed by atoms with van der Waals surface area (Å²) in [4.78, 5) is 12.3. The smallest absolute Gasteiger partial charge is 0.277 e. The summed E-state index contributed by atoms with van der Waals surface area (Å²) in [5, 5.41) is 8.48. The molecule has 0 atom stereocenters. The number of aromatic nitrogens is 2. The van der Waals surface area contributed by atoms with E-state index in [4.69, 9.17) is 9.15 Å². The molecule has 6 heteroatoms. The number of thioether (sulfide) groups is 1. The minimum Gasteiger partial charge on any atom is -0.497 e. The summed E-state index contributed by atoms with van der Waals surface area (Å²) in [6.07, 6.45) is 0.544. The van der Waals surface area contributed by atoms with Gasteiger partial charge in [0.2, 0.25) is 5.89 Å². The molecule has 1 aromatic heterocycles. The molecular weight excluding hydrogens is 360 g/mol. The zero-order valence-corrected chi connectivity index (χ0v) is 16.5. The Bertz CT molecular complexity index is 887. The molecule has 0 aliphatic carbocycles. The van der Waals surface area contributed by atoms with Crippen molar-refractivity contribution in [2.45, 2.75) is 31.4 Å². The Labute approximate surface area is 163 Å². The summed E-state index contributed by atoms with van der Waals surface area (Å²) in [6.45, 7) is 4.26. The average molecular weight is 382 g/mol. The van der Waals surface area contributed by atoms with Crippen LogP contribution in [0.3, 0.4) is 0 Å². The molecule has 0 spiro atoms. The lowest BCUT2D eigenvalue weighted by Crippen LogP contribution is -2.02. The normalized spacial score (nSPS) is 11.0. The van der Waals surface area contributed by atoms with Crippen LogP contribution in [0.2, 0.25) is 0 Å². The van der Waals surface area contributed by atoms with Crippen molar-refractivity contribution < 1.29 is 13.9 Å². The number of Topliss-reactive ketones (excluding diaryl/α,β-unsaturated/α-hetero) is 1. The Balaban J connectivity index is 1.54. The van der Waals surface area contributed by atoms with Gasteiger partial charge in [0, 0.05) is 5.56 Å². The Morgan fingerprint density at radius 2 is 1.78 bits per heavy atom. The molecule has 5 nitrogen and oxygen atoms in total. The highest BCUT2D eigenvalue weighted by molar-refractivity contribution is 7.99. The minimum atomic E-state index is 0.0465. The topological polar surface area (TPSA) is 65.2 Å². The molecule has 3 aromatic rings. The minimum absolute atomic E-state index is 0.0465. The number of hydrogen-bond donors (Lipinski definition) is 0. The van der Waals surface area contributed by atoms with Crippen LogP contribution in [0, 0.1) is 0 Å². The molecule has 0 saturated carbocycles. The van der Waals surface area contributed by atoms with Crippen LogP contribution in [-0.2, 0) is 6.42 Å². The van der Waals surface area contributed by atoms with Crippen molar-refractivity contribution in [2.24, 2.45) is 0 Å². The molecule has 0 unspecified atom stereocenters. The SMILES string of the molecule is COc1ccc(Cc2nnc(SCC(=O)c3ccc(C(C)C)cc3)o2)cc1. The van der Waals surface area contributed by atoms with Crippen molar-refractivity contribution in [3.05, 3.63) is 71.1 Å². The maximum Gasteiger partial charge on any atom is 0.277 e. The molecule has 0 amide bonds. The molecule has 140 valence electrons. The second-order valence-corrected chi connectivity index (χ2v) is 7.40. The van der Waals surface area contributed by atoms with Crippen molar-refractivity contribution >= 4 is 17.5 Å². The first-order valence-electron chi connectivity index (χ1n) is 8.76. The van der Waals surface area contributed by atoms with Gasteiger partial charge in [0.05, 0.1) is 19.3 Å². The number of nitrogens with zero attached hydrogens (tertiary/aromatic N) is 2. The summed E-state index contributed by atoms with van der Waals surface area (Å²) in [5.41, 5.74) is 2.97. The van der Waals surface area contributed by atoms with Gasteiger partial charge in [0.1, 0.15) is 5.75 Å². The third-order valence-electron chi connectivity index (χ3n) is 4.19. The standard InChI is InChI=1S/C21H22N2O3S/c1-14(2)16-6-8-17(9-7-16)19(24)13-27-21-23-22-20(26-21)12-15-4-10-18(25-3)11-5-15/h4-11,14H,12-13H2,1-3H3. The van der Waals surface area contributed by atoms with E-state index in [0.29, 0.717) is 29.0 Å². The van der Waals surface area contributed by atoms with Gasteiger partial charge in [0.15, 0.2) is 5.78 Å². The number of benzene rings is 2. The highest BCUT2D eigenvalue weighted by atomic mass is 32.2. The number of carbonyl (C=O) groups excluding carboxylic acids is 1. The number of hydrogen-bond acceptors (Lipinski definition) is 6. The van der Waals surface area contributed by atoms with E-state index in [0.717, 1.165) is 11.3 Å². The molecular formula is C21H22N2O3S. The second kappa shape index (κ2) is 8.86. The fourth-order valence-electron chi connectivity index (χ4n) is 2.55. The molecule has 0 N–H and O–H groups in total. The van der Waals surface area contributed by atoms with Crippen LogP contribution in [0.1, 0.15) is 47.1 Å². The van der Waals surface area contributed by atoms with Crippen LogP contribution in [0.25, 0.3) is 0 Å². The average Bonchev–Trinajstić information content (AvgIpc) is 3.14. The Morgan fingerprint density at radius 3 is 2.41 bits per heavy atom. The van der Waals surface area contributed by atoms with Gasteiger partial charge in [-0.05, 0) is 29.2 Å². The third-order valence-corrected chi connectivity index (χ3v) is 5.01. The van der Waals surface area contributed by atoms with E-state index in [1.54, 1.807) is 7.11 Å². The monoisotopic (exact) mass is 382 g/mol. The molecule has 0 aliphatic rings. The number of ketones is 1. The van der Waals surface area contributed by atoms with Gasteiger partial charge >= 0.3 is 0 Å². The van der Waals surface area contributed by atoms with Gasteiger partial charge in [-0.2, -0.15) is 0 Å². The van der Waals surface area contributed by atoms with E-state index in [1.807, 2.05) is 48.5 Å². The lowest BCUT2D eigenvalue weighted by molar-refractivity contribution is 0.102. The van der Waals surface area contributed by atoms with Gasteiger partial charge in [-0.25, -0.2) is 0 Å². The fraction of sp³-hybridized carbons (Fsp3) is 0.286. The summed E-state index contributed by atoms with van der Waals surface area (Å²) in [6, 6.07) is 15.5. The van der Waals surface area contributed by atoms with E-state index >= 15 is 0 Å². The third kappa shape index (κ3) is 5.20. The maximum atomic E-state index is 12.3. The van der Waals surface area contributed by atoms with Gasteiger partial charge in [-0.15, -0.1) is 10.2 Å². The van der Waals surface area contributed by atoms with E-state index in [-0.39, 0.29) is 11.5 Å². The molecule has 27 heavy (non-hydrogen) atoms.